The fraction of sp³-hybridized carbons (Fsp3) is 0.300. The van der Waals surface area contributed by atoms with E-state index in [1.807, 2.05) is 11.0 Å². The molecule has 1 saturated heterocycles. The van der Waals surface area contributed by atoms with E-state index < -0.39 is 14.9 Å². The first kappa shape index (κ1) is 20.9. The number of sulfonamides is 1. The average molecular weight is 443 g/mol. The SMILES string of the molecule is Cc1noc(C)c1S(=O)(=O)N1CCN(c2ccc([N+](=O)[O-])c(-c3ccccc3)n2)CC1. The number of pyridine rings is 1. The van der Waals surface area contributed by atoms with Crippen LogP contribution in [0.5, 0.6) is 0 Å². The summed E-state index contributed by atoms with van der Waals surface area (Å²) in [5, 5.41) is 15.2. The Labute approximate surface area is 179 Å². The van der Waals surface area contributed by atoms with E-state index in [0.717, 1.165) is 0 Å². The predicted molar refractivity (Wildman–Crippen MR) is 113 cm³/mol. The molecule has 4 rings (SSSR count). The third-order valence-electron chi connectivity index (χ3n) is 5.23. The van der Waals surface area contributed by atoms with Crippen LogP contribution in [-0.4, -0.2) is 54.0 Å². The van der Waals surface area contributed by atoms with Gasteiger partial charge in [-0.3, -0.25) is 10.1 Å². The van der Waals surface area contributed by atoms with Gasteiger partial charge in [-0.15, -0.1) is 0 Å². The predicted octanol–water partition coefficient (Wildman–Crippen LogP) is 2.77. The van der Waals surface area contributed by atoms with Crippen molar-refractivity contribution in [2.75, 3.05) is 31.1 Å². The van der Waals surface area contributed by atoms with Gasteiger partial charge in [0.25, 0.3) is 5.69 Å². The molecule has 1 aliphatic rings. The first-order chi connectivity index (χ1) is 14.8. The van der Waals surface area contributed by atoms with Crippen molar-refractivity contribution in [3.63, 3.8) is 0 Å². The summed E-state index contributed by atoms with van der Waals surface area (Å²) >= 11 is 0. The molecule has 0 bridgehead atoms. The number of anilines is 1. The van der Waals surface area contributed by atoms with Gasteiger partial charge < -0.3 is 9.42 Å². The largest absolute Gasteiger partial charge is 0.360 e. The molecule has 0 radical (unpaired) electrons. The summed E-state index contributed by atoms with van der Waals surface area (Å²) in [6, 6.07) is 12.0. The smallest absolute Gasteiger partial charge is 0.295 e. The molecule has 2 aromatic heterocycles. The van der Waals surface area contributed by atoms with Crippen LogP contribution >= 0.6 is 0 Å². The van der Waals surface area contributed by atoms with Crippen molar-refractivity contribution < 1.29 is 17.9 Å². The number of aromatic nitrogens is 2. The lowest BCUT2D eigenvalue weighted by atomic mass is 10.1. The van der Waals surface area contributed by atoms with Crippen LogP contribution in [0.1, 0.15) is 11.5 Å². The highest BCUT2D eigenvalue weighted by Crippen LogP contribution is 2.31. The van der Waals surface area contributed by atoms with E-state index in [-0.39, 0.29) is 35.1 Å². The van der Waals surface area contributed by atoms with Gasteiger partial charge in [-0.25, -0.2) is 13.4 Å². The van der Waals surface area contributed by atoms with Crippen molar-refractivity contribution >= 4 is 21.5 Å². The van der Waals surface area contributed by atoms with Crippen molar-refractivity contribution in [1.29, 1.82) is 0 Å². The quantitative estimate of drug-likeness (QED) is 0.436. The third-order valence-corrected chi connectivity index (χ3v) is 7.38. The number of hydrogen-bond acceptors (Lipinski definition) is 8. The highest BCUT2D eigenvalue weighted by Gasteiger charge is 2.33. The van der Waals surface area contributed by atoms with Crippen molar-refractivity contribution in [1.82, 2.24) is 14.4 Å². The third kappa shape index (κ3) is 3.89. The summed E-state index contributed by atoms with van der Waals surface area (Å²) in [6.07, 6.45) is 0. The zero-order valence-corrected chi connectivity index (χ0v) is 17.9. The monoisotopic (exact) mass is 443 g/mol. The minimum atomic E-state index is -3.71. The number of nitro groups is 1. The first-order valence-electron chi connectivity index (χ1n) is 9.68. The van der Waals surface area contributed by atoms with E-state index in [0.29, 0.717) is 30.2 Å². The van der Waals surface area contributed by atoms with Crippen LogP contribution in [0, 0.1) is 24.0 Å². The van der Waals surface area contributed by atoms with Gasteiger partial charge in [0.1, 0.15) is 16.4 Å². The van der Waals surface area contributed by atoms with Crippen molar-refractivity contribution in [3.05, 3.63) is 64.0 Å². The van der Waals surface area contributed by atoms with E-state index in [1.165, 1.54) is 10.4 Å². The maximum atomic E-state index is 13.0. The second-order valence-electron chi connectivity index (χ2n) is 7.20. The zero-order chi connectivity index (χ0) is 22.2. The maximum Gasteiger partial charge on any atom is 0.295 e. The lowest BCUT2D eigenvalue weighted by Crippen LogP contribution is -2.49. The molecule has 1 aliphatic heterocycles. The van der Waals surface area contributed by atoms with Gasteiger partial charge in [0.05, 0.1) is 4.92 Å². The molecule has 0 spiro atoms. The van der Waals surface area contributed by atoms with Crippen LogP contribution < -0.4 is 4.90 Å². The molecule has 3 heterocycles. The molecule has 10 nitrogen and oxygen atoms in total. The highest BCUT2D eigenvalue weighted by atomic mass is 32.2. The second kappa shape index (κ2) is 8.08. The van der Waals surface area contributed by atoms with E-state index >= 15 is 0 Å². The Morgan fingerprint density at radius 2 is 1.71 bits per heavy atom. The molecule has 0 unspecified atom stereocenters. The summed E-state index contributed by atoms with van der Waals surface area (Å²) in [7, 11) is -3.71. The number of rotatable bonds is 5. The molecule has 31 heavy (non-hydrogen) atoms. The Morgan fingerprint density at radius 1 is 1.03 bits per heavy atom. The fourth-order valence-electron chi connectivity index (χ4n) is 3.70. The topological polar surface area (TPSA) is 123 Å². The van der Waals surface area contributed by atoms with Crippen molar-refractivity contribution in [2.45, 2.75) is 18.7 Å². The summed E-state index contributed by atoms with van der Waals surface area (Å²) < 4.78 is 32.4. The van der Waals surface area contributed by atoms with Gasteiger partial charge in [0.15, 0.2) is 11.5 Å². The number of nitrogens with zero attached hydrogens (tertiary/aromatic N) is 5. The molecule has 1 fully saturated rings. The Hall–Kier alpha value is -3.31. The summed E-state index contributed by atoms with van der Waals surface area (Å²) in [5.74, 6) is 0.836. The molecule has 0 atom stereocenters. The zero-order valence-electron chi connectivity index (χ0n) is 17.1. The number of benzene rings is 1. The molecule has 3 aromatic rings. The molecule has 11 heteroatoms. The van der Waals surface area contributed by atoms with E-state index in [9.17, 15) is 18.5 Å². The number of aryl methyl sites for hydroxylation is 2. The van der Waals surface area contributed by atoms with Gasteiger partial charge in [-0.05, 0) is 19.9 Å². The molecule has 1 aromatic carbocycles. The van der Waals surface area contributed by atoms with Gasteiger partial charge in [-0.1, -0.05) is 35.5 Å². The van der Waals surface area contributed by atoms with Crippen LogP contribution in [0.2, 0.25) is 0 Å². The van der Waals surface area contributed by atoms with Crippen LogP contribution in [-0.2, 0) is 10.0 Å². The lowest BCUT2D eigenvalue weighted by Gasteiger charge is -2.34. The maximum absolute atomic E-state index is 13.0. The molecule has 0 saturated carbocycles. The molecule has 0 N–H and O–H groups in total. The minimum Gasteiger partial charge on any atom is -0.360 e. The van der Waals surface area contributed by atoms with Gasteiger partial charge in [0, 0.05) is 37.8 Å². The molecule has 0 amide bonds. The van der Waals surface area contributed by atoms with Crippen LogP contribution in [0.25, 0.3) is 11.3 Å². The molecule has 0 aliphatic carbocycles. The van der Waals surface area contributed by atoms with Gasteiger partial charge in [0.2, 0.25) is 10.0 Å². The van der Waals surface area contributed by atoms with Gasteiger partial charge >= 0.3 is 0 Å². The standard InChI is InChI=1S/C20H21N5O5S/c1-14-20(15(2)30-22-14)31(28,29)24-12-10-23(11-13-24)18-9-8-17(25(26)27)19(21-18)16-6-4-3-5-7-16/h3-9H,10-13H2,1-2H3. The van der Waals surface area contributed by atoms with Crippen LogP contribution in [0.15, 0.2) is 51.9 Å². The minimum absolute atomic E-state index is 0.0745. The Morgan fingerprint density at radius 3 is 2.29 bits per heavy atom. The van der Waals surface area contributed by atoms with Crippen LogP contribution in [0.4, 0.5) is 11.5 Å². The van der Waals surface area contributed by atoms with Crippen LogP contribution in [0.3, 0.4) is 0 Å². The fourth-order valence-corrected chi connectivity index (χ4v) is 5.42. The Kier molecular flexibility index (Phi) is 5.46. The van der Waals surface area contributed by atoms with E-state index in [2.05, 4.69) is 10.1 Å². The Bertz CT molecular complexity index is 1200. The molecular formula is C20H21N5O5S. The summed E-state index contributed by atoms with van der Waals surface area (Å²) in [6.45, 7) is 4.50. The van der Waals surface area contributed by atoms with Gasteiger partial charge in [-0.2, -0.15) is 4.31 Å². The number of hydrogen-bond donors (Lipinski definition) is 0. The molecular weight excluding hydrogens is 422 g/mol. The lowest BCUT2D eigenvalue weighted by molar-refractivity contribution is -0.384. The highest BCUT2D eigenvalue weighted by molar-refractivity contribution is 7.89. The van der Waals surface area contributed by atoms with Crippen molar-refractivity contribution in [3.8, 4) is 11.3 Å². The summed E-state index contributed by atoms with van der Waals surface area (Å²) in [5.41, 5.74) is 1.20. The second-order valence-corrected chi connectivity index (χ2v) is 9.08. The van der Waals surface area contributed by atoms with E-state index in [1.54, 1.807) is 44.2 Å². The molecule has 162 valence electrons. The Balaban J connectivity index is 1.57. The average Bonchev–Trinajstić information content (AvgIpc) is 3.12. The normalized spacial score (nSPS) is 15.2. The number of piperazine rings is 1. The van der Waals surface area contributed by atoms with Crippen molar-refractivity contribution in [2.24, 2.45) is 0 Å². The summed E-state index contributed by atoms with van der Waals surface area (Å²) in [4.78, 5) is 17.6. The van der Waals surface area contributed by atoms with E-state index in [4.69, 9.17) is 4.52 Å². The first-order valence-corrected chi connectivity index (χ1v) is 11.1.